The van der Waals surface area contributed by atoms with Crippen molar-refractivity contribution < 1.29 is 29.0 Å². The second-order valence-corrected chi connectivity index (χ2v) is 8.78. The molecule has 2 aromatic carbocycles. The molecule has 0 saturated carbocycles. The minimum absolute atomic E-state index is 0.0705. The van der Waals surface area contributed by atoms with E-state index in [1.54, 1.807) is 0 Å². The van der Waals surface area contributed by atoms with E-state index in [0.717, 1.165) is 22.3 Å². The number of alkyl carbamates (subject to hydrolysis) is 1. The predicted octanol–water partition coefficient (Wildman–Crippen LogP) is 2.13. The van der Waals surface area contributed by atoms with E-state index in [2.05, 4.69) is 17.2 Å². The van der Waals surface area contributed by atoms with Crippen LogP contribution in [0.4, 0.5) is 4.79 Å². The molecular weight excluding hydrogens is 450 g/mol. The number of allylic oxidation sites excluding steroid dienone is 1. The standard InChI is InChI=1S/C26H27N3O6/c1-2-11-26(24(32)33)15-29(16-26)23(31)13-27-22(30)12-28-25(34)35-14-21-19-9-5-3-7-17(19)18-8-4-6-10-20(18)21/h2-10,21H,1,11-16H2,(H,27,30)(H,28,34)(H,32,33). The number of carbonyl (C=O) groups excluding carboxylic acids is 3. The quantitative estimate of drug-likeness (QED) is 0.475. The van der Waals surface area contributed by atoms with Crippen LogP contribution >= 0.6 is 0 Å². The van der Waals surface area contributed by atoms with Crippen molar-refractivity contribution in [3.63, 3.8) is 0 Å². The van der Waals surface area contributed by atoms with Crippen LogP contribution in [0, 0.1) is 5.41 Å². The Balaban J connectivity index is 1.20. The topological polar surface area (TPSA) is 125 Å². The van der Waals surface area contributed by atoms with E-state index in [0.29, 0.717) is 0 Å². The fourth-order valence-corrected chi connectivity index (χ4v) is 4.64. The molecule has 1 heterocycles. The summed E-state index contributed by atoms with van der Waals surface area (Å²) >= 11 is 0. The van der Waals surface area contributed by atoms with Crippen LogP contribution in [0.25, 0.3) is 11.1 Å². The minimum atomic E-state index is -1.01. The average Bonchev–Trinajstić information content (AvgIpc) is 3.15. The van der Waals surface area contributed by atoms with Gasteiger partial charge < -0.3 is 25.4 Å². The van der Waals surface area contributed by atoms with Crippen molar-refractivity contribution in [2.45, 2.75) is 12.3 Å². The van der Waals surface area contributed by atoms with Gasteiger partial charge in [0.15, 0.2) is 0 Å². The third-order valence-electron chi connectivity index (χ3n) is 6.50. The second kappa shape index (κ2) is 10.0. The van der Waals surface area contributed by atoms with Crippen molar-refractivity contribution in [3.8, 4) is 11.1 Å². The highest BCUT2D eigenvalue weighted by molar-refractivity contribution is 5.89. The van der Waals surface area contributed by atoms with Crippen molar-refractivity contribution in [2.24, 2.45) is 5.41 Å². The maximum Gasteiger partial charge on any atom is 0.407 e. The fraction of sp³-hybridized carbons (Fsp3) is 0.308. The molecule has 0 aromatic heterocycles. The smallest absolute Gasteiger partial charge is 0.407 e. The van der Waals surface area contributed by atoms with Gasteiger partial charge in [-0.2, -0.15) is 0 Å². The molecule has 9 nitrogen and oxygen atoms in total. The summed E-state index contributed by atoms with van der Waals surface area (Å²) in [5.74, 6) is -2.00. The van der Waals surface area contributed by atoms with Crippen molar-refractivity contribution in [1.29, 1.82) is 0 Å². The number of carboxylic acids is 1. The number of ether oxygens (including phenoxy) is 1. The van der Waals surface area contributed by atoms with Crippen LogP contribution in [-0.2, 0) is 19.1 Å². The molecule has 0 unspecified atom stereocenters. The normalized spacial score (nSPS) is 15.3. The highest BCUT2D eigenvalue weighted by atomic mass is 16.5. The Morgan fingerprint density at radius 2 is 1.60 bits per heavy atom. The molecule has 3 amide bonds. The zero-order valence-corrected chi connectivity index (χ0v) is 19.2. The Morgan fingerprint density at radius 3 is 2.17 bits per heavy atom. The van der Waals surface area contributed by atoms with Crippen LogP contribution in [0.15, 0.2) is 61.2 Å². The number of hydrogen-bond donors (Lipinski definition) is 3. The number of carboxylic acid groups (broad SMARTS) is 1. The van der Waals surface area contributed by atoms with E-state index in [1.165, 1.54) is 11.0 Å². The Bertz CT molecular complexity index is 1130. The van der Waals surface area contributed by atoms with Gasteiger partial charge in [-0.25, -0.2) is 4.79 Å². The average molecular weight is 478 g/mol. The highest BCUT2D eigenvalue weighted by Gasteiger charge is 2.50. The summed E-state index contributed by atoms with van der Waals surface area (Å²) in [5.41, 5.74) is 3.40. The van der Waals surface area contributed by atoms with Crippen LogP contribution < -0.4 is 10.6 Å². The Morgan fingerprint density at radius 1 is 1.00 bits per heavy atom. The number of carbonyl (C=O) groups is 4. The van der Waals surface area contributed by atoms with Gasteiger partial charge in [-0.1, -0.05) is 54.6 Å². The SMILES string of the molecule is C=CCC1(C(=O)O)CN(C(=O)CNC(=O)CNC(=O)OCC2c3ccccc3-c3ccccc32)C1. The van der Waals surface area contributed by atoms with Crippen molar-refractivity contribution in [1.82, 2.24) is 15.5 Å². The van der Waals surface area contributed by atoms with Gasteiger partial charge in [0, 0.05) is 19.0 Å². The van der Waals surface area contributed by atoms with Gasteiger partial charge in [0.1, 0.15) is 18.6 Å². The monoisotopic (exact) mass is 477 g/mol. The number of likely N-dealkylation sites (tertiary alicyclic amines) is 1. The molecule has 35 heavy (non-hydrogen) atoms. The molecule has 0 radical (unpaired) electrons. The van der Waals surface area contributed by atoms with Crippen LogP contribution in [-0.4, -0.2) is 66.7 Å². The molecule has 0 spiro atoms. The molecule has 4 rings (SSSR count). The molecule has 2 aliphatic rings. The lowest BCUT2D eigenvalue weighted by Gasteiger charge is -2.46. The van der Waals surface area contributed by atoms with E-state index < -0.39 is 23.4 Å². The zero-order chi connectivity index (χ0) is 25.0. The molecule has 0 atom stereocenters. The molecule has 1 saturated heterocycles. The van der Waals surface area contributed by atoms with Gasteiger partial charge in [0.05, 0.1) is 6.54 Å². The number of nitrogens with one attached hydrogen (secondary N) is 2. The van der Waals surface area contributed by atoms with Gasteiger partial charge in [-0.05, 0) is 28.7 Å². The highest BCUT2D eigenvalue weighted by Crippen LogP contribution is 2.44. The molecule has 9 heteroatoms. The first-order valence-electron chi connectivity index (χ1n) is 11.3. The van der Waals surface area contributed by atoms with E-state index >= 15 is 0 Å². The lowest BCUT2D eigenvalue weighted by atomic mass is 9.77. The van der Waals surface area contributed by atoms with E-state index in [9.17, 15) is 24.3 Å². The summed E-state index contributed by atoms with van der Waals surface area (Å²) < 4.78 is 5.38. The summed E-state index contributed by atoms with van der Waals surface area (Å²) in [4.78, 5) is 49.2. The maximum atomic E-state index is 12.2. The summed E-state index contributed by atoms with van der Waals surface area (Å²) in [5, 5.41) is 14.2. The molecular formula is C26H27N3O6. The van der Waals surface area contributed by atoms with E-state index in [-0.39, 0.29) is 51.0 Å². The van der Waals surface area contributed by atoms with Crippen molar-refractivity contribution >= 4 is 23.9 Å². The Labute approximate surface area is 202 Å². The number of rotatable bonds is 9. The van der Waals surface area contributed by atoms with Gasteiger partial charge in [0.25, 0.3) is 0 Å². The van der Waals surface area contributed by atoms with Crippen molar-refractivity contribution in [2.75, 3.05) is 32.8 Å². The number of hydrogen-bond acceptors (Lipinski definition) is 5. The summed E-state index contributed by atoms with van der Waals surface area (Å²) in [6, 6.07) is 16.0. The molecule has 182 valence electrons. The third kappa shape index (κ3) is 4.89. The fourth-order valence-electron chi connectivity index (χ4n) is 4.64. The summed E-state index contributed by atoms with van der Waals surface area (Å²) in [6.45, 7) is 3.20. The molecule has 3 N–H and O–H groups in total. The van der Waals surface area contributed by atoms with Crippen LogP contribution in [0.2, 0.25) is 0 Å². The maximum absolute atomic E-state index is 12.2. The number of nitrogens with zero attached hydrogens (tertiary/aromatic N) is 1. The number of fused-ring (bicyclic) bond motifs is 3. The summed E-state index contributed by atoms with van der Waals surface area (Å²) in [6.07, 6.45) is 1.06. The first kappa shape index (κ1) is 24.0. The molecule has 1 aliphatic heterocycles. The molecule has 1 aliphatic carbocycles. The number of aliphatic carboxylic acids is 1. The third-order valence-corrected chi connectivity index (χ3v) is 6.50. The van der Waals surface area contributed by atoms with Crippen LogP contribution in [0.1, 0.15) is 23.5 Å². The zero-order valence-electron chi connectivity index (χ0n) is 19.2. The number of amides is 3. The van der Waals surface area contributed by atoms with E-state index in [4.69, 9.17) is 4.74 Å². The number of benzene rings is 2. The van der Waals surface area contributed by atoms with E-state index in [1.807, 2.05) is 48.5 Å². The molecule has 2 aromatic rings. The lowest BCUT2D eigenvalue weighted by Crippen LogP contribution is -2.63. The minimum Gasteiger partial charge on any atom is -0.481 e. The summed E-state index contributed by atoms with van der Waals surface area (Å²) in [7, 11) is 0. The van der Waals surface area contributed by atoms with Crippen molar-refractivity contribution in [3.05, 3.63) is 72.3 Å². The predicted molar refractivity (Wildman–Crippen MR) is 128 cm³/mol. The van der Waals surface area contributed by atoms with Gasteiger partial charge >= 0.3 is 12.1 Å². The largest absolute Gasteiger partial charge is 0.481 e. The lowest BCUT2D eigenvalue weighted by molar-refractivity contribution is -0.165. The van der Waals surface area contributed by atoms with Gasteiger partial charge in [-0.15, -0.1) is 6.58 Å². The first-order chi connectivity index (χ1) is 16.8. The molecule has 1 fully saturated rings. The molecule has 0 bridgehead atoms. The first-order valence-corrected chi connectivity index (χ1v) is 11.3. The van der Waals surface area contributed by atoms with Gasteiger partial charge in [-0.3, -0.25) is 14.4 Å². The van der Waals surface area contributed by atoms with Crippen LogP contribution in [0.5, 0.6) is 0 Å². The Kier molecular flexibility index (Phi) is 6.86. The van der Waals surface area contributed by atoms with Gasteiger partial charge in [0.2, 0.25) is 11.8 Å². The Hall–Kier alpha value is -4.14. The second-order valence-electron chi connectivity index (χ2n) is 8.78. The van der Waals surface area contributed by atoms with Crippen LogP contribution in [0.3, 0.4) is 0 Å².